The van der Waals surface area contributed by atoms with E-state index in [0.717, 1.165) is 5.56 Å². The van der Waals surface area contributed by atoms with Crippen molar-refractivity contribution in [3.63, 3.8) is 0 Å². The molecule has 0 saturated carbocycles. The highest BCUT2D eigenvalue weighted by atomic mass is 16.6. The van der Waals surface area contributed by atoms with E-state index in [9.17, 15) is 20.0 Å². The van der Waals surface area contributed by atoms with Crippen LogP contribution >= 0.6 is 0 Å². The van der Waals surface area contributed by atoms with Crippen LogP contribution in [0.25, 0.3) is 0 Å². The lowest BCUT2D eigenvalue weighted by Gasteiger charge is -2.37. The molecule has 0 aromatic heterocycles. The second kappa shape index (κ2) is 5.98. The highest BCUT2D eigenvalue weighted by Gasteiger charge is 2.32. The van der Waals surface area contributed by atoms with E-state index in [1.165, 1.54) is 12.1 Å². The average molecular weight is 280 g/mol. The van der Waals surface area contributed by atoms with Crippen molar-refractivity contribution in [1.29, 1.82) is 0 Å². The van der Waals surface area contributed by atoms with E-state index in [2.05, 4.69) is 0 Å². The maximum atomic E-state index is 11.2. The minimum Gasteiger partial charge on any atom is -0.480 e. The Kier molecular flexibility index (Phi) is 4.31. The summed E-state index contributed by atoms with van der Waals surface area (Å²) in [5.74, 6) is -0.918. The van der Waals surface area contributed by atoms with E-state index < -0.39 is 16.9 Å². The first-order valence-corrected chi connectivity index (χ1v) is 6.31. The van der Waals surface area contributed by atoms with Crippen molar-refractivity contribution in [1.82, 2.24) is 4.90 Å². The number of ether oxygens (including phenoxy) is 1. The molecule has 7 heteroatoms. The number of nitrogens with zero attached hydrogens (tertiary/aromatic N) is 2. The molecule has 0 radical (unpaired) electrons. The number of morpholine rings is 1. The first-order chi connectivity index (χ1) is 9.50. The van der Waals surface area contributed by atoms with Crippen LogP contribution in [0.2, 0.25) is 0 Å². The van der Waals surface area contributed by atoms with Gasteiger partial charge in [-0.05, 0) is 12.5 Å². The van der Waals surface area contributed by atoms with Crippen LogP contribution in [0, 0.1) is 10.1 Å². The molecule has 2 rings (SSSR count). The molecule has 2 atom stereocenters. The Morgan fingerprint density at radius 2 is 2.15 bits per heavy atom. The first-order valence-electron chi connectivity index (χ1n) is 6.31. The Morgan fingerprint density at radius 3 is 2.70 bits per heavy atom. The molecule has 7 nitrogen and oxygen atoms in total. The van der Waals surface area contributed by atoms with Gasteiger partial charge in [0.05, 0.1) is 18.1 Å². The van der Waals surface area contributed by atoms with E-state index in [-0.39, 0.29) is 18.3 Å². The fraction of sp³-hybridized carbons (Fsp3) is 0.462. The molecular weight excluding hydrogens is 264 g/mol. The van der Waals surface area contributed by atoms with Crippen molar-refractivity contribution < 1.29 is 19.6 Å². The zero-order chi connectivity index (χ0) is 14.7. The zero-order valence-corrected chi connectivity index (χ0v) is 11.1. The summed E-state index contributed by atoms with van der Waals surface area (Å²) in [5, 5.41) is 19.8. The van der Waals surface area contributed by atoms with Gasteiger partial charge in [-0.1, -0.05) is 12.1 Å². The van der Waals surface area contributed by atoms with E-state index in [0.29, 0.717) is 13.2 Å². The van der Waals surface area contributed by atoms with Crippen molar-refractivity contribution in [3.8, 4) is 0 Å². The number of aliphatic carboxylic acids is 1. The molecule has 1 saturated heterocycles. The van der Waals surface area contributed by atoms with E-state index >= 15 is 0 Å². The Labute approximate surface area is 115 Å². The number of hydrogen-bond donors (Lipinski definition) is 1. The number of carboxylic acids is 1. The number of non-ortho nitro benzene ring substituents is 1. The molecule has 1 aromatic rings. The third-order valence-electron chi connectivity index (χ3n) is 3.54. The van der Waals surface area contributed by atoms with Crippen molar-refractivity contribution in [2.45, 2.75) is 19.0 Å². The van der Waals surface area contributed by atoms with Crippen molar-refractivity contribution in [2.75, 3.05) is 19.8 Å². The van der Waals surface area contributed by atoms with Gasteiger partial charge < -0.3 is 9.84 Å². The van der Waals surface area contributed by atoms with Gasteiger partial charge in [0, 0.05) is 24.7 Å². The SMILES string of the molecule is CC(c1ccc([N+](=O)[O-])cc1)N1CCOCC1C(=O)O. The van der Waals surface area contributed by atoms with Gasteiger partial charge >= 0.3 is 5.97 Å². The second-order valence-electron chi connectivity index (χ2n) is 4.69. The van der Waals surface area contributed by atoms with E-state index in [1.54, 1.807) is 12.1 Å². The summed E-state index contributed by atoms with van der Waals surface area (Å²) >= 11 is 0. The smallest absolute Gasteiger partial charge is 0.323 e. The van der Waals surface area contributed by atoms with Crippen LogP contribution in [0.5, 0.6) is 0 Å². The summed E-state index contributed by atoms with van der Waals surface area (Å²) in [6.07, 6.45) is 0. The molecule has 1 aliphatic heterocycles. The van der Waals surface area contributed by atoms with Crippen LogP contribution in [-0.2, 0) is 9.53 Å². The van der Waals surface area contributed by atoms with Crippen molar-refractivity contribution in [3.05, 3.63) is 39.9 Å². The monoisotopic (exact) mass is 280 g/mol. The Morgan fingerprint density at radius 1 is 1.50 bits per heavy atom. The molecule has 1 heterocycles. The average Bonchev–Trinajstić information content (AvgIpc) is 2.46. The number of nitro groups is 1. The number of carbonyl (C=O) groups is 1. The molecule has 108 valence electrons. The van der Waals surface area contributed by atoms with E-state index in [4.69, 9.17) is 4.74 Å². The quantitative estimate of drug-likeness (QED) is 0.662. The van der Waals surface area contributed by atoms with Gasteiger partial charge in [0.15, 0.2) is 0 Å². The lowest BCUT2D eigenvalue weighted by Crippen LogP contribution is -2.50. The Bertz CT molecular complexity index is 502. The summed E-state index contributed by atoms with van der Waals surface area (Å²) in [6, 6.07) is 5.37. The summed E-state index contributed by atoms with van der Waals surface area (Å²) in [5.41, 5.74) is 0.876. The Hall–Kier alpha value is -1.99. The zero-order valence-electron chi connectivity index (χ0n) is 11.1. The van der Waals surface area contributed by atoms with Gasteiger partial charge in [-0.15, -0.1) is 0 Å². The highest BCUT2D eigenvalue weighted by Crippen LogP contribution is 2.26. The highest BCUT2D eigenvalue weighted by molar-refractivity contribution is 5.73. The number of nitro benzene ring substituents is 1. The molecule has 2 unspecified atom stereocenters. The van der Waals surface area contributed by atoms with Gasteiger partial charge in [-0.25, -0.2) is 0 Å². The largest absolute Gasteiger partial charge is 0.480 e. The molecule has 1 fully saturated rings. The number of hydrogen-bond acceptors (Lipinski definition) is 5. The molecule has 1 aromatic carbocycles. The predicted octanol–water partition coefficient (Wildman–Crippen LogP) is 1.44. The van der Waals surface area contributed by atoms with Crippen LogP contribution in [0.3, 0.4) is 0 Å². The summed E-state index contributed by atoms with van der Waals surface area (Å²) in [4.78, 5) is 23.2. The topological polar surface area (TPSA) is 92.9 Å². The van der Waals surface area contributed by atoms with Crippen LogP contribution in [0.15, 0.2) is 24.3 Å². The van der Waals surface area contributed by atoms with Crippen molar-refractivity contribution in [2.24, 2.45) is 0 Å². The maximum absolute atomic E-state index is 11.2. The fourth-order valence-electron chi connectivity index (χ4n) is 2.36. The van der Waals surface area contributed by atoms with E-state index in [1.807, 2.05) is 11.8 Å². The molecule has 0 bridgehead atoms. The molecule has 1 N–H and O–H groups in total. The second-order valence-corrected chi connectivity index (χ2v) is 4.69. The fourth-order valence-corrected chi connectivity index (χ4v) is 2.36. The summed E-state index contributed by atoms with van der Waals surface area (Å²) in [6.45, 7) is 3.06. The van der Waals surface area contributed by atoms with Crippen LogP contribution < -0.4 is 0 Å². The third-order valence-corrected chi connectivity index (χ3v) is 3.54. The minimum atomic E-state index is -0.918. The molecule has 20 heavy (non-hydrogen) atoms. The van der Waals surface area contributed by atoms with Gasteiger partial charge in [0.2, 0.25) is 0 Å². The van der Waals surface area contributed by atoms with Gasteiger partial charge in [0.1, 0.15) is 6.04 Å². The van der Waals surface area contributed by atoms with Crippen LogP contribution in [0.1, 0.15) is 18.5 Å². The number of rotatable bonds is 4. The normalized spacial score (nSPS) is 21.4. The van der Waals surface area contributed by atoms with Gasteiger partial charge in [0.25, 0.3) is 5.69 Å². The van der Waals surface area contributed by atoms with Gasteiger partial charge in [-0.2, -0.15) is 0 Å². The van der Waals surface area contributed by atoms with Crippen LogP contribution in [0.4, 0.5) is 5.69 Å². The molecule has 0 amide bonds. The predicted molar refractivity (Wildman–Crippen MR) is 70.5 cm³/mol. The first kappa shape index (κ1) is 14.4. The molecule has 0 aliphatic carbocycles. The van der Waals surface area contributed by atoms with Crippen molar-refractivity contribution >= 4 is 11.7 Å². The van der Waals surface area contributed by atoms with Crippen LogP contribution in [-0.4, -0.2) is 46.7 Å². The van der Waals surface area contributed by atoms with Gasteiger partial charge in [-0.3, -0.25) is 19.8 Å². The third kappa shape index (κ3) is 2.94. The molecule has 0 spiro atoms. The molecule has 1 aliphatic rings. The number of carboxylic acid groups (broad SMARTS) is 1. The summed E-state index contributed by atoms with van der Waals surface area (Å²) < 4.78 is 5.20. The summed E-state index contributed by atoms with van der Waals surface area (Å²) in [7, 11) is 0. The lowest BCUT2D eigenvalue weighted by molar-refractivity contribution is -0.384. The maximum Gasteiger partial charge on any atom is 0.323 e. The minimum absolute atomic E-state index is 0.0257. The lowest BCUT2D eigenvalue weighted by atomic mass is 10.0. The molecular formula is C13H16N2O5. The Balaban J connectivity index is 2.18. The standard InChI is InChI=1S/C13H16N2O5/c1-9(10-2-4-11(5-3-10)15(18)19)14-6-7-20-8-12(14)13(16)17/h2-5,9,12H,6-8H2,1H3,(H,16,17). The number of benzene rings is 1.